The second-order valence-corrected chi connectivity index (χ2v) is 4.61. The van der Waals surface area contributed by atoms with E-state index in [0.29, 0.717) is 18.7 Å². The highest BCUT2D eigenvalue weighted by Crippen LogP contribution is 2.13. The Bertz CT molecular complexity index is 591. The SMILES string of the molecule is Cc1nn(C)c(C)c1CNCc1ccc(F)cc1F. The van der Waals surface area contributed by atoms with Crippen molar-refractivity contribution in [2.45, 2.75) is 26.9 Å². The molecule has 1 N–H and O–H groups in total. The molecule has 0 bridgehead atoms. The first kappa shape index (κ1) is 13.7. The number of aromatic nitrogens is 2. The molecular formula is C14H17F2N3. The number of benzene rings is 1. The lowest BCUT2D eigenvalue weighted by Gasteiger charge is -2.07. The average Bonchev–Trinajstić information content (AvgIpc) is 2.58. The minimum absolute atomic E-state index is 0.361. The zero-order valence-electron chi connectivity index (χ0n) is 11.3. The molecule has 19 heavy (non-hydrogen) atoms. The Morgan fingerprint density at radius 3 is 2.53 bits per heavy atom. The van der Waals surface area contributed by atoms with Gasteiger partial charge in [0, 0.05) is 43.0 Å². The molecule has 0 aliphatic heterocycles. The van der Waals surface area contributed by atoms with Crippen molar-refractivity contribution in [3.63, 3.8) is 0 Å². The maximum absolute atomic E-state index is 13.4. The smallest absolute Gasteiger partial charge is 0.130 e. The predicted octanol–water partition coefficient (Wildman–Crippen LogP) is 2.60. The van der Waals surface area contributed by atoms with Crippen LogP contribution in [0.4, 0.5) is 8.78 Å². The van der Waals surface area contributed by atoms with Gasteiger partial charge in [-0.05, 0) is 19.9 Å². The van der Waals surface area contributed by atoms with E-state index in [1.807, 2.05) is 25.6 Å². The number of rotatable bonds is 4. The molecule has 0 fully saturated rings. The predicted molar refractivity (Wildman–Crippen MR) is 69.6 cm³/mol. The van der Waals surface area contributed by atoms with Crippen LogP contribution in [0.5, 0.6) is 0 Å². The van der Waals surface area contributed by atoms with E-state index in [1.54, 1.807) is 0 Å². The first-order chi connectivity index (χ1) is 8.99. The summed E-state index contributed by atoms with van der Waals surface area (Å²) in [5.41, 5.74) is 3.63. The van der Waals surface area contributed by atoms with Gasteiger partial charge in [-0.2, -0.15) is 5.10 Å². The molecular weight excluding hydrogens is 248 g/mol. The van der Waals surface area contributed by atoms with Gasteiger partial charge in [0.25, 0.3) is 0 Å². The van der Waals surface area contributed by atoms with E-state index in [2.05, 4.69) is 10.4 Å². The summed E-state index contributed by atoms with van der Waals surface area (Å²) in [6.07, 6.45) is 0. The summed E-state index contributed by atoms with van der Waals surface area (Å²) in [5, 5.41) is 7.48. The van der Waals surface area contributed by atoms with Crippen LogP contribution < -0.4 is 5.32 Å². The van der Waals surface area contributed by atoms with Crippen LogP contribution in [0.15, 0.2) is 18.2 Å². The standard InChI is InChI=1S/C14H17F2N3/c1-9-13(10(2)19(3)18-9)8-17-7-11-4-5-12(15)6-14(11)16/h4-6,17H,7-8H2,1-3H3. The summed E-state index contributed by atoms with van der Waals surface area (Å²) >= 11 is 0. The Kier molecular flexibility index (Phi) is 3.95. The Balaban J connectivity index is 2.00. The normalized spacial score (nSPS) is 11.0. The summed E-state index contributed by atoms with van der Waals surface area (Å²) in [7, 11) is 1.89. The Morgan fingerprint density at radius 1 is 1.21 bits per heavy atom. The van der Waals surface area contributed by atoms with Crippen LogP contribution in [-0.4, -0.2) is 9.78 Å². The molecule has 1 aromatic heterocycles. The fourth-order valence-corrected chi connectivity index (χ4v) is 2.06. The Morgan fingerprint density at radius 2 is 1.95 bits per heavy atom. The molecule has 0 atom stereocenters. The number of halogens is 2. The fourth-order valence-electron chi connectivity index (χ4n) is 2.06. The van der Waals surface area contributed by atoms with Crippen LogP contribution >= 0.6 is 0 Å². The van der Waals surface area contributed by atoms with Crippen molar-refractivity contribution in [3.05, 3.63) is 52.3 Å². The van der Waals surface area contributed by atoms with E-state index < -0.39 is 11.6 Å². The second kappa shape index (κ2) is 5.48. The first-order valence-corrected chi connectivity index (χ1v) is 6.12. The molecule has 1 aromatic carbocycles. The lowest BCUT2D eigenvalue weighted by molar-refractivity contribution is 0.559. The maximum atomic E-state index is 13.4. The van der Waals surface area contributed by atoms with Gasteiger partial charge in [-0.15, -0.1) is 0 Å². The monoisotopic (exact) mass is 265 g/mol. The van der Waals surface area contributed by atoms with Crippen LogP contribution in [0.3, 0.4) is 0 Å². The van der Waals surface area contributed by atoms with Gasteiger partial charge in [0.05, 0.1) is 5.69 Å². The highest BCUT2D eigenvalue weighted by Gasteiger charge is 2.09. The van der Waals surface area contributed by atoms with Gasteiger partial charge in [-0.1, -0.05) is 6.07 Å². The van der Waals surface area contributed by atoms with Gasteiger partial charge in [0.2, 0.25) is 0 Å². The van der Waals surface area contributed by atoms with Gasteiger partial charge in [-0.3, -0.25) is 4.68 Å². The number of nitrogens with one attached hydrogen (secondary N) is 1. The Labute approximate surface area is 111 Å². The van der Waals surface area contributed by atoms with Crippen LogP contribution in [0.2, 0.25) is 0 Å². The van der Waals surface area contributed by atoms with Crippen molar-refractivity contribution in [2.75, 3.05) is 0 Å². The topological polar surface area (TPSA) is 29.9 Å². The molecule has 2 rings (SSSR count). The van der Waals surface area contributed by atoms with E-state index in [9.17, 15) is 8.78 Å². The van der Waals surface area contributed by atoms with Crippen molar-refractivity contribution in [1.82, 2.24) is 15.1 Å². The molecule has 0 saturated heterocycles. The van der Waals surface area contributed by atoms with Gasteiger partial charge in [0.15, 0.2) is 0 Å². The molecule has 0 aliphatic carbocycles. The maximum Gasteiger partial charge on any atom is 0.130 e. The summed E-state index contributed by atoms with van der Waals surface area (Å²) in [6.45, 7) is 4.92. The molecule has 102 valence electrons. The van der Waals surface area contributed by atoms with Gasteiger partial charge in [-0.25, -0.2) is 8.78 Å². The Hall–Kier alpha value is -1.75. The number of aryl methyl sites for hydroxylation is 2. The summed E-state index contributed by atoms with van der Waals surface area (Å²) < 4.78 is 28.0. The highest BCUT2D eigenvalue weighted by atomic mass is 19.1. The van der Waals surface area contributed by atoms with Crippen LogP contribution in [0.25, 0.3) is 0 Å². The minimum atomic E-state index is -0.555. The van der Waals surface area contributed by atoms with Crippen molar-refractivity contribution in [3.8, 4) is 0 Å². The number of nitrogens with zero attached hydrogens (tertiary/aromatic N) is 2. The third-order valence-electron chi connectivity index (χ3n) is 3.29. The third-order valence-corrected chi connectivity index (χ3v) is 3.29. The van der Waals surface area contributed by atoms with E-state index >= 15 is 0 Å². The fraction of sp³-hybridized carbons (Fsp3) is 0.357. The highest BCUT2D eigenvalue weighted by molar-refractivity contribution is 5.24. The van der Waals surface area contributed by atoms with Crippen LogP contribution in [0.1, 0.15) is 22.5 Å². The van der Waals surface area contributed by atoms with E-state index in [4.69, 9.17) is 0 Å². The number of hydrogen-bond donors (Lipinski definition) is 1. The lowest BCUT2D eigenvalue weighted by Crippen LogP contribution is -2.15. The molecule has 0 aliphatic rings. The molecule has 3 nitrogen and oxygen atoms in total. The van der Waals surface area contributed by atoms with Gasteiger partial charge >= 0.3 is 0 Å². The third kappa shape index (κ3) is 2.98. The zero-order chi connectivity index (χ0) is 14.0. The lowest BCUT2D eigenvalue weighted by atomic mass is 10.1. The van der Waals surface area contributed by atoms with Crippen molar-refractivity contribution in [2.24, 2.45) is 7.05 Å². The zero-order valence-corrected chi connectivity index (χ0v) is 11.3. The van der Waals surface area contributed by atoms with Crippen LogP contribution in [0, 0.1) is 25.5 Å². The molecule has 0 amide bonds. The van der Waals surface area contributed by atoms with E-state index in [-0.39, 0.29) is 0 Å². The molecule has 5 heteroatoms. The molecule has 0 radical (unpaired) electrons. The van der Waals surface area contributed by atoms with Crippen molar-refractivity contribution in [1.29, 1.82) is 0 Å². The molecule has 1 heterocycles. The summed E-state index contributed by atoms with van der Waals surface area (Å²) in [6, 6.07) is 3.62. The first-order valence-electron chi connectivity index (χ1n) is 6.12. The largest absolute Gasteiger partial charge is 0.308 e. The van der Waals surface area contributed by atoms with Gasteiger partial charge < -0.3 is 5.32 Å². The second-order valence-electron chi connectivity index (χ2n) is 4.61. The minimum Gasteiger partial charge on any atom is -0.308 e. The molecule has 0 spiro atoms. The van der Waals surface area contributed by atoms with E-state index in [1.165, 1.54) is 12.1 Å². The quantitative estimate of drug-likeness (QED) is 0.921. The molecule has 0 unspecified atom stereocenters. The number of hydrogen-bond acceptors (Lipinski definition) is 2. The average molecular weight is 265 g/mol. The van der Waals surface area contributed by atoms with Gasteiger partial charge in [0.1, 0.15) is 11.6 Å². The molecule has 0 saturated carbocycles. The van der Waals surface area contributed by atoms with Crippen molar-refractivity contribution >= 4 is 0 Å². The summed E-state index contributed by atoms with van der Waals surface area (Å²) in [4.78, 5) is 0. The van der Waals surface area contributed by atoms with Crippen molar-refractivity contribution < 1.29 is 8.78 Å². The summed E-state index contributed by atoms with van der Waals surface area (Å²) in [5.74, 6) is -1.08. The van der Waals surface area contributed by atoms with E-state index in [0.717, 1.165) is 23.0 Å². The van der Waals surface area contributed by atoms with Crippen LogP contribution in [-0.2, 0) is 20.1 Å². The molecule has 2 aromatic rings.